The second-order valence-corrected chi connectivity index (χ2v) is 3.46. The molecule has 0 saturated carbocycles. The van der Waals surface area contributed by atoms with Crippen molar-refractivity contribution < 1.29 is 8.81 Å². The number of rotatable bonds is 1. The molecule has 2 N–H and O–H groups in total. The van der Waals surface area contributed by atoms with Gasteiger partial charge < -0.3 is 10.2 Å². The fourth-order valence-electron chi connectivity index (χ4n) is 1.55. The molecule has 3 rings (SSSR count). The van der Waals surface area contributed by atoms with Crippen molar-refractivity contribution in [2.45, 2.75) is 0 Å². The van der Waals surface area contributed by atoms with E-state index in [2.05, 4.69) is 15.0 Å². The summed E-state index contributed by atoms with van der Waals surface area (Å²) in [5, 5.41) is 0. The van der Waals surface area contributed by atoms with E-state index >= 15 is 0 Å². The first-order valence-electron chi connectivity index (χ1n) is 4.86. The largest absolute Gasteiger partial charge is 0.459 e. The van der Waals surface area contributed by atoms with E-state index in [9.17, 15) is 4.39 Å². The van der Waals surface area contributed by atoms with E-state index in [4.69, 9.17) is 10.2 Å². The molecule has 0 amide bonds. The second-order valence-electron chi connectivity index (χ2n) is 3.46. The van der Waals surface area contributed by atoms with E-state index < -0.39 is 5.82 Å². The Bertz CT molecular complexity index is 695. The van der Waals surface area contributed by atoms with E-state index in [1.165, 1.54) is 18.5 Å². The van der Waals surface area contributed by atoms with Gasteiger partial charge in [0.25, 0.3) is 0 Å². The van der Waals surface area contributed by atoms with Gasteiger partial charge in [0.1, 0.15) is 11.3 Å². The van der Waals surface area contributed by atoms with Gasteiger partial charge in [0.05, 0.1) is 12.5 Å². The van der Waals surface area contributed by atoms with Crippen molar-refractivity contribution >= 4 is 16.9 Å². The number of nitrogens with two attached hydrogens (primary N) is 1. The molecule has 0 unspecified atom stereocenters. The molecule has 17 heavy (non-hydrogen) atoms. The highest BCUT2D eigenvalue weighted by molar-refractivity contribution is 5.84. The summed E-state index contributed by atoms with van der Waals surface area (Å²) < 4.78 is 18.2. The van der Waals surface area contributed by atoms with Gasteiger partial charge >= 0.3 is 0 Å². The van der Waals surface area contributed by atoms with Gasteiger partial charge in [-0.3, -0.25) is 4.98 Å². The van der Waals surface area contributed by atoms with Crippen molar-refractivity contribution in [1.29, 1.82) is 0 Å². The number of nitrogens with zero attached hydrogens (tertiary/aromatic N) is 3. The Morgan fingerprint density at radius 2 is 2.12 bits per heavy atom. The Morgan fingerprint density at radius 3 is 2.94 bits per heavy atom. The van der Waals surface area contributed by atoms with Crippen LogP contribution in [0.15, 0.2) is 35.2 Å². The second kappa shape index (κ2) is 3.51. The molecule has 84 valence electrons. The number of aromatic nitrogens is 3. The molecule has 0 saturated heterocycles. The Morgan fingerprint density at radius 1 is 1.24 bits per heavy atom. The lowest BCUT2D eigenvalue weighted by atomic mass is 10.2. The standard InChI is InChI=1S/C11H7FN4O/c12-7-3-6(4-14-5-7)11-15-8-1-2-17-9(8)10(13)16-11/h1-5H,(H2,13,15,16). The summed E-state index contributed by atoms with van der Waals surface area (Å²) in [5.74, 6) is 0.0969. The number of fused-ring (bicyclic) bond motifs is 1. The molecule has 5 nitrogen and oxygen atoms in total. The SMILES string of the molecule is Nc1nc(-c2cncc(F)c2)nc2ccoc12. The maximum Gasteiger partial charge on any atom is 0.194 e. The van der Waals surface area contributed by atoms with Gasteiger partial charge in [-0.25, -0.2) is 14.4 Å². The third-order valence-electron chi connectivity index (χ3n) is 2.29. The lowest BCUT2D eigenvalue weighted by Crippen LogP contribution is -1.97. The van der Waals surface area contributed by atoms with Gasteiger partial charge in [-0.1, -0.05) is 0 Å². The van der Waals surface area contributed by atoms with Crippen LogP contribution in [0.25, 0.3) is 22.5 Å². The quantitative estimate of drug-likeness (QED) is 0.691. The van der Waals surface area contributed by atoms with E-state index in [0.717, 1.165) is 6.20 Å². The zero-order valence-corrected chi connectivity index (χ0v) is 8.59. The number of pyridine rings is 1. The van der Waals surface area contributed by atoms with Crippen LogP contribution >= 0.6 is 0 Å². The lowest BCUT2D eigenvalue weighted by Gasteiger charge is -2.01. The van der Waals surface area contributed by atoms with Gasteiger partial charge in [-0.2, -0.15) is 0 Å². The monoisotopic (exact) mass is 230 g/mol. The van der Waals surface area contributed by atoms with Crippen LogP contribution < -0.4 is 5.73 Å². The fourth-order valence-corrected chi connectivity index (χ4v) is 1.55. The number of hydrogen-bond acceptors (Lipinski definition) is 5. The lowest BCUT2D eigenvalue weighted by molar-refractivity contribution is 0.615. The molecule has 6 heteroatoms. The zero-order chi connectivity index (χ0) is 11.8. The molecular weight excluding hydrogens is 223 g/mol. The van der Waals surface area contributed by atoms with Crippen molar-refractivity contribution in [2.24, 2.45) is 0 Å². The Kier molecular flexibility index (Phi) is 2.01. The van der Waals surface area contributed by atoms with E-state index in [-0.39, 0.29) is 5.82 Å². The molecule has 3 aromatic rings. The first kappa shape index (κ1) is 9.71. The molecule has 3 aromatic heterocycles. The van der Waals surface area contributed by atoms with Crippen molar-refractivity contribution in [2.75, 3.05) is 5.73 Å². The summed E-state index contributed by atoms with van der Waals surface area (Å²) in [7, 11) is 0. The topological polar surface area (TPSA) is 77.8 Å². The summed E-state index contributed by atoms with van der Waals surface area (Å²) in [5.41, 5.74) is 7.20. The number of halogens is 1. The minimum atomic E-state index is -0.447. The number of furan rings is 1. The van der Waals surface area contributed by atoms with Crippen LogP contribution in [0, 0.1) is 5.82 Å². The maximum absolute atomic E-state index is 13.0. The molecule has 3 heterocycles. The Hall–Kier alpha value is -2.50. The highest BCUT2D eigenvalue weighted by Gasteiger charge is 2.10. The molecule has 0 atom stereocenters. The van der Waals surface area contributed by atoms with Crippen molar-refractivity contribution in [3.05, 3.63) is 36.6 Å². The highest BCUT2D eigenvalue weighted by atomic mass is 19.1. The highest BCUT2D eigenvalue weighted by Crippen LogP contribution is 2.23. The predicted molar refractivity (Wildman–Crippen MR) is 59.4 cm³/mol. The van der Waals surface area contributed by atoms with Crippen molar-refractivity contribution in [3.63, 3.8) is 0 Å². The molecule has 0 aliphatic carbocycles. The molecule has 0 fully saturated rings. The minimum Gasteiger partial charge on any atom is -0.459 e. The van der Waals surface area contributed by atoms with Gasteiger partial charge in [0.15, 0.2) is 17.2 Å². The normalized spacial score (nSPS) is 10.9. The van der Waals surface area contributed by atoms with E-state index in [0.29, 0.717) is 22.5 Å². The molecule has 0 radical (unpaired) electrons. The molecule has 0 spiro atoms. The number of anilines is 1. The minimum absolute atomic E-state index is 0.222. The summed E-state index contributed by atoms with van der Waals surface area (Å²) in [4.78, 5) is 12.0. The number of nitrogen functional groups attached to an aromatic ring is 1. The van der Waals surface area contributed by atoms with Crippen molar-refractivity contribution in [3.8, 4) is 11.4 Å². The Labute approximate surface area is 95.1 Å². The third kappa shape index (κ3) is 1.59. The molecule has 0 aliphatic rings. The van der Waals surface area contributed by atoms with E-state index in [1.807, 2.05) is 0 Å². The predicted octanol–water partition coefficient (Wildman–Crippen LogP) is 2.01. The average molecular weight is 230 g/mol. The van der Waals surface area contributed by atoms with Gasteiger partial charge in [-0.05, 0) is 6.07 Å². The van der Waals surface area contributed by atoms with Gasteiger partial charge in [-0.15, -0.1) is 0 Å². The first-order valence-corrected chi connectivity index (χ1v) is 4.86. The summed E-state index contributed by atoms with van der Waals surface area (Å²) in [6.45, 7) is 0. The maximum atomic E-state index is 13.0. The number of hydrogen-bond donors (Lipinski definition) is 1. The molecule has 0 bridgehead atoms. The Balaban J connectivity index is 2.23. The van der Waals surface area contributed by atoms with Gasteiger partial charge in [0.2, 0.25) is 0 Å². The third-order valence-corrected chi connectivity index (χ3v) is 2.29. The van der Waals surface area contributed by atoms with Crippen molar-refractivity contribution in [1.82, 2.24) is 15.0 Å². The average Bonchev–Trinajstić information content (AvgIpc) is 2.77. The fraction of sp³-hybridized carbons (Fsp3) is 0. The van der Waals surface area contributed by atoms with Crippen LogP contribution in [0.3, 0.4) is 0 Å². The summed E-state index contributed by atoms with van der Waals surface area (Å²) in [6, 6.07) is 2.97. The van der Waals surface area contributed by atoms with E-state index in [1.54, 1.807) is 6.07 Å². The van der Waals surface area contributed by atoms with Crippen LogP contribution in [0.2, 0.25) is 0 Å². The van der Waals surface area contributed by atoms with Gasteiger partial charge in [0, 0.05) is 17.8 Å². The summed E-state index contributed by atoms with van der Waals surface area (Å²) >= 11 is 0. The molecule has 0 aliphatic heterocycles. The smallest absolute Gasteiger partial charge is 0.194 e. The summed E-state index contributed by atoms with van der Waals surface area (Å²) in [6.07, 6.45) is 4.07. The van der Waals surface area contributed by atoms with Crippen LogP contribution in [0.4, 0.5) is 10.2 Å². The van der Waals surface area contributed by atoms with Crippen LogP contribution in [-0.4, -0.2) is 15.0 Å². The van der Waals surface area contributed by atoms with Crippen LogP contribution in [-0.2, 0) is 0 Å². The zero-order valence-electron chi connectivity index (χ0n) is 8.59. The van der Waals surface area contributed by atoms with Crippen LogP contribution in [0.1, 0.15) is 0 Å². The molecule has 0 aromatic carbocycles. The van der Waals surface area contributed by atoms with Crippen LogP contribution in [0.5, 0.6) is 0 Å². The molecular formula is C11H7FN4O. The first-order chi connectivity index (χ1) is 8.24.